The van der Waals surface area contributed by atoms with Gasteiger partial charge in [0.2, 0.25) is 5.91 Å². The zero-order chi connectivity index (χ0) is 21.0. The van der Waals surface area contributed by atoms with Gasteiger partial charge in [0.1, 0.15) is 14.9 Å². The topological polar surface area (TPSA) is 67.9 Å². The molecule has 1 amide bonds. The van der Waals surface area contributed by atoms with Crippen LogP contribution in [0.25, 0.3) is 11.1 Å². The van der Waals surface area contributed by atoms with Crippen molar-refractivity contribution in [3.05, 3.63) is 40.2 Å². The lowest BCUT2D eigenvalue weighted by Gasteiger charge is -2.34. The van der Waals surface area contributed by atoms with Crippen molar-refractivity contribution in [2.75, 3.05) is 31.6 Å². The third kappa shape index (κ3) is 5.36. The summed E-state index contributed by atoms with van der Waals surface area (Å²) in [5, 5.41) is 3.28. The lowest BCUT2D eigenvalue weighted by molar-refractivity contribution is -0.121. The number of halogens is 1. The van der Waals surface area contributed by atoms with Gasteiger partial charge < -0.3 is 14.8 Å². The third-order valence-electron chi connectivity index (χ3n) is 4.52. The Hall–Kier alpha value is -1.93. The Morgan fingerprint density at radius 1 is 1.24 bits per heavy atom. The summed E-state index contributed by atoms with van der Waals surface area (Å²) in [5.74, 6) is -0.701. The van der Waals surface area contributed by atoms with Gasteiger partial charge in [-0.25, -0.2) is 4.79 Å². The van der Waals surface area contributed by atoms with Crippen LogP contribution in [0.5, 0.6) is 0 Å². The van der Waals surface area contributed by atoms with E-state index in [1.54, 1.807) is 6.92 Å². The molecule has 29 heavy (non-hydrogen) atoms. The molecule has 2 atom stereocenters. The fraction of sp³-hybridized carbons (Fsp3) is 0.429. The van der Waals surface area contributed by atoms with Crippen molar-refractivity contribution >= 4 is 39.8 Å². The van der Waals surface area contributed by atoms with Gasteiger partial charge in [-0.1, -0.05) is 41.9 Å². The second kappa shape index (κ2) is 9.71. The van der Waals surface area contributed by atoms with Gasteiger partial charge in [-0.05, 0) is 26.3 Å². The average Bonchev–Trinajstić information content (AvgIpc) is 2.97. The smallest absolute Gasteiger partial charge is 0.341 e. The number of ether oxygens (including phenoxy) is 2. The minimum absolute atomic E-state index is 0.0718. The quantitative estimate of drug-likeness (QED) is 0.684. The zero-order valence-electron chi connectivity index (χ0n) is 16.7. The van der Waals surface area contributed by atoms with Crippen molar-refractivity contribution in [2.24, 2.45) is 0 Å². The number of nitrogens with one attached hydrogen (secondary N) is 1. The number of carbonyl (C=O) groups is 2. The lowest BCUT2D eigenvalue weighted by atomic mass is 10.0. The number of benzene rings is 1. The van der Waals surface area contributed by atoms with E-state index in [4.69, 9.17) is 21.1 Å². The Balaban J connectivity index is 1.85. The minimum atomic E-state index is -0.501. The molecule has 3 rings (SSSR count). The molecule has 2 unspecified atom stereocenters. The SMILES string of the molecule is CCOC(=O)c1c(NC(=O)CN2CC(C)OC(C)C2)sc(Cl)c1-c1ccccc1. The van der Waals surface area contributed by atoms with E-state index in [0.717, 1.165) is 5.56 Å². The largest absolute Gasteiger partial charge is 0.462 e. The van der Waals surface area contributed by atoms with Crippen LogP contribution in [0.3, 0.4) is 0 Å². The summed E-state index contributed by atoms with van der Waals surface area (Å²) in [4.78, 5) is 27.4. The second-order valence-electron chi connectivity index (χ2n) is 7.04. The highest BCUT2D eigenvalue weighted by Gasteiger charge is 2.28. The maximum atomic E-state index is 12.7. The Bertz CT molecular complexity index is 861. The highest BCUT2D eigenvalue weighted by Crippen LogP contribution is 2.43. The molecular weight excluding hydrogens is 412 g/mol. The van der Waals surface area contributed by atoms with Crippen LogP contribution in [0.4, 0.5) is 5.00 Å². The molecule has 1 aliphatic rings. The first-order valence-corrected chi connectivity index (χ1v) is 10.8. The molecule has 6 nitrogen and oxygen atoms in total. The summed E-state index contributed by atoms with van der Waals surface area (Å²) >= 11 is 7.65. The normalized spacial score (nSPS) is 19.7. The number of morpholine rings is 1. The number of amides is 1. The maximum Gasteiger partial charge on any atom is 0.341 e. The number of hydrogen-bond acceptors (Lipinski definition) is 6. The Labute approximate surface area is 179 Å². The van der Waals surface area contributed by atoms with E-state index in [9.17, 15) is 9.59 Å². The molecule has 8 heteroatoms. The van der Waals surface area contributed by atoms with Crippen LogP contribution < -0.4 is 5.32 Å². The van der Waals surface area contributed by atoms with Crippen LogP contribution in [-0.2, 0) is 14.3 Å². The van der Waals surface area contributed by atoms with Gasteiger partial charge in [0.25, 0.3) is 0 Å². The first-order valence-electron chi connectivity index (χ1n) is 9.61. The standard InChI is InChI=1S/C21H25ClN2O4S/c1-4-27-21(26)18-17(15-8-6-5-7-9-15)19(22)29-20(18)23-16(25)12-24-10-13(2)28-14(3)11-24/h5-9,13-14H,4,10-12H2,1-3H3,(H,23,25). The summed E-state index contributed by atoms with van der Waals surface area (Å²) in [7, 11) is 0. The average molecular weight is 437 g/mol. The molecule has 156 valence electrons. The van der Waals surface area contributed by atoms with Crippen LogP contribution >= 0.6 is 22.9 Å². The highest BCUT2D eigenvalue weighted by molar-refractivity contribution is 7.21. The predicted molar refractivity (Wildman–Crippen MR) is 116 cm³/mol. The zero-order valence-corrected chi connectivity index (χ0v) is 18.3. The first-order chi connectivity index (χ1) is 13.9. The third-order valence-corrected chi connectivity index (χ3v) is 5.84. The van der Waals surface area contributed by atoms with Crippen LogP contribution in [0, 0.1) is 0 Å². The lowest BCUT2D eigenvalue weighted by Crippen LogP contribution is -2.48. The Kier molecular flexibility index (Phi) is 7.29. The van der Waals surface area contributed by atoms with Gasteiger partial charge in [-0.3, -0.25) is 9.69 Å². The monoisotopic (exact) mass is 436 g/mol. The molecule has 1 fully saturated rings. The van der Waals surface area contributed by atoms with Crippen molar-refractivity contribution in [3.63, 3.8) is 0 Å². The van der Waals surface area contributed by atoms with Gasteiger partial charge in [-0.2, -0.15) is 0 Å². The highest BCUT2D eigenvalue weighted by atomic mass is 35.5. The molecule has 0 bridgehead atoms. The minimum Gasteiger partial charge on any atom is -0.462 e. The van der Waals surface area contributed by atoms with E-state index in [2.05, 4.69) is 5.32 Å². The number of hydrogen-bond donors (Lipinski definition) is 1. The Morgan fingerprint density at radius 2 is 1.90 bits per heavy atom. The predicted octanol–water partition coefficient (Wildman–Crippen LogP) is 4.29. The molecule has 1 saturated heterocycles. The molecule has 2 aromatic rings. The van der Waals surface area contributed by atoms with Crippen molar-refractivity contribution in [3.8, 4) is 11.1 Å². The van der Waals surface area contributed by atoms with E-state index in [0.29, 0.717) is 33.6 Å². The van der Waals surface area contributed by atoms with Gasteiger partial charge in [0.05, 0.1) is 25.4 Å². The molecule has 2 heterocycles. The van der Waals surface area contributed by atoms with E-state index in [1.165, 1.54) is 11.3 Å². The molecule has 0 saturated carbocycles. The van der Waals surface area contributed by atoms with Crippen molar-refractivity contribution < 1.29 is 19.1 Å². The second-order valence-corrected chi connectivity index (χ2v) is 8.66. The van der Waals surface area contributed by atoms with Crippen LogP contribution in [0.2, 0.25) is 4.34 Å². The molecule has 0 radical (unpaired) electrons. The molecule has 1 aromatic heterocycles. The molecule has 0 spiro atoms. The van der Waals surface area contributed by atoms with E-state index < -0.39 is 5.97 Å². The molecule has 0 aliphatic carbocycles. The number of esters is 1. The number of rotatable bonds is 6. The number of carbonyl (C=O) groups excluding carboxylic acids is 2. The summed E-state index contributed by atoms with van der Waals surface area (Å²) in [6.45, 7) is 7.54. The van der Waals surface area contributed by atoms with Crippen LogP contribution in [0.1, 0.15) is 31.1 Å². The number of nitrogens with zero attached hydrogens (tertiary/aromatic N) is 1. The van der Waals surface area contributed by atoms with Crippen LogP contribution in [0.15, 0.2) is 30.3 Å². The van der Waals surface area contributed by atoms with Gasteiger partial charge in [0, 0.05) is 18.7 Å². The number of anilines is 1. The van der Waals surface area contributed by atoms with Crippen molar-refractivity contribution in [1.29, 1.82) is 0 Å². The summed E-state index contributed by atoms with van der Waals surface area (Å²) in [6, 6.07) is 9.38. The van der Waals surface area contributed by atoms with Crippen LogP contribution in [-0.4, -0.2) is 55.2 Å². The summed E-state index contributed by atoms with van der Waals surface area (Å²) in [5.41, 5.74) is 1.68. The van der Waals surface area contributed by atoms with Crippen molar-refractivity contribution in [1.82, 2.24) is 4.90 Å². The molecule has 1 aliphatic heterocycles. The van der Waals surface area contributed by atoms with E-state index in [-0.39, 0.29) is 31.3 Å². The van der Waals surface area contributed by atoms with Gasteiger partial charge in [0.15, 0.2) is 0 Å². The fourth-order valence-electron chi connectivity index (χ4n) is 3.53. The summed E-state index contributed by atoms with van der Waals surface area (Å²) in [6.07, 6.45) is 0.144. The molecule has 1 aromatic carbocycles. The molecule has 1 N–H and O–H groups in total. The fourth-order valence-corrected chi connectivity index (χ4v) is 4.92. The van der Waals surface area contributed by atoms with Crippen molar-refractivity contribution in [2.45, 2.75) is 33.0 Å². The number of thiophene rings is 1. The molecular formula is C21H25ClN2O4S. The first kappa shape index (κ1) is 21.8. The van der Waals surface area contributed by atoms with Gasteiger partial charge >= 0.3 is 5.97 Å². The van der Waals surface area contributed by atoms with Gasteiger partial charge in [-0.15, -0.1) is 11.3 Å². The van der Waals surface area contributed by atoms with E-state index in [1.807, 2.05) is 49.1 Å². The summed E-state index contributed by atoms with van der Waals surface area (Å²) < 4.78 is 11.4. The van der Waals surface area contributed by atoms with E-state index >= 15 is 0 Å². The maximum absolute atomic E-state index is 12.7. The Morgan fingerprint density at radius 3 is 2.52 bits per heavy atom.